The fourth-order valence-corrected chi connectivity index (χ4v) is 3.96. The van der Waals surface area contributed by atoms with Crippen LogP contribution >= 0.6 is 0 Å². The van der Waals surface area contributed by atoms with Gasteiger partial charge in [0.1, 0.15) is 6.67 Å². The van der Waals surface area contributed by atoms with Crippen molar-refractivity contribution < 1.29 is 26.7 Å². The molecule has 6 heteroatoms. The van der Waals surface area contributed by atoms with Gasteiger partial charge in [0, 0.05) is 11.1 Å². The van der Waals surface area contributed by atoms with Crippen LogP contribution in [0.2, 0.25) is 0 Å². The zero-order valence-electron chi connectivity index (χ0n) is 16.2. The Labute approximate surface area is 167 Å². The molecule has 0 N–H and O–H groups in total. The summed E-state index contributed by atoms with van der Waals surface area (Å²) in [5, 5.41) is 0. The van der Waals surface area contributed by atoms with Gasteiger partial charge in [-0.15, -0.1) is 0 Å². The minimum absolute atomic E-state index is 0.152. The van der Waals surface area contributed by atoms with Gasteiger partial charge in [-0.1, -0.05) is 24.3 Å². The van der Waals surface area contributed by atoms with Gasteiger partial charge in [-0.3, -0.25) is 0 Å². The van der Waals surface area contributed by atoms with E-state index in [0.29, 0.717) is 12.8 Å². The molecular formula is C23H23F5O. The summed E-state index contributed by atoms with van der Waals surface area (Å²) in [4.78, 5) is 0. The molecule has 0 radical (unpaired) electrons. The lowest BCUT2D eigenvalue weighted by atomic mass is 9.78. The first-order valence-electron chi connectivity index (χ1n) is 9.79. The van der Waals surface area contributed by atoms with Crippen LogP contribution in [0.3, 0.4) is 0 Å². The van der Waals surface area contributed by atoms with Crippen molar-refractivity contribution in [3.8, 4) is 16.9 Å². The molecule has 0 spiro atoms. The van der Waals surface area contributed by atoms with Gasteiger partial charge in [0.05, 0.1) is 6.61 Å². The molecule has 0 saturated heterocycles. The summed E-state index contributed by atoms with van der Waals surface area (Å²) in [5.41, 5.74) is -0.440. The van der Waals surface area contributed by atoms with E-state index in [4.69, 9.17) is 4.74 Å². The van der Waals surface area contributed by atoms with Crippen molar-refractivity contribution in [1.82, 2.24) is 0 Å². The van der Waals surface area contributed by atoms with E-state index in [-0.39, 0.29) is 40.9 Å². The summed E-state index contributed by atoms with van der Waals surface area (Å²) >= 11 is 0. The second-order valence-electron chi connectivity index (χ2n) is 7.20. The highest BCUT2D eigenvalue weighted by Crippen LogP contribution is 2.40. The van der Waals surface area contributed by atoms with E-state index in [1.165, 1.54) is 30.3 Å². The van der Waals surface area contributed by atoms with E-state index < -0.39 is 29.9 Å². The zero-order valence-corrected chi connectivity index (χ0v) is 16.2. The first kappa shape index (κ1) is 21.3. The van der Waals surface area contributed by atoms with Gasteiger partial charge < -0.3 is 4.74 Å². The van der Waals surface area contributed by atoms with Crippen molar-refractivity contribution in [2.24, 2.45) is 5.92 Å². The fraction of sp³-hybridized carbons (Fsp3) is 0.391. The molecule has 0 bridgehead atoms. The van der Waals surface area contributed by atoms with Crippen LogP contribution in [0.25, 0.3) is 11.1 Å². The van der Waals surface area contributed by atoms with Gasteiger partial charge in [0.2, 0.25) is 5.82 Å². The second kappa shape index (κ2) is 9.42. The van der Waals surface area contributed by atoms with Gasteiger partial charge in [-0.2, -0.15) is 4.39 Å². The first-order chi connectivity index (χ1) is 14.0. The Morgan fingerprint density at radius 2 is 1.48 bits per heavy atom. The van der Waals surface area contributed by atoms with Crippen molar-refractivity contribution in [3.05, 3.63) is 65.2 Å². The third kappa shape index (κ3) is 4.46. The molecule has 0 unspecified atom stereocenters. The van der Waals surface area contributed by atoms with E-state index in [9.17, 15) is 22.0 Å². The van der Waals surface area contributed by atoms with Crippen LogP contribution in [0, 0.1) is 29.2 Å². The number of hydrogen-bond acceptors (Lipinski definition) is 1. The van der Waals surface area contributed by atoms with Crippen molar-refractivity contribution in [3.63, 3.8) is 0 Å². The number of allylic oxidation sites excluding steroid dienone is 2. The summed E-state index contributed by atoms with van der Waals surface area (Å²) in [5.74, 6) is -4.91. The Hall–Kier alpha value is -2.37. The molecule has 0 amide bonds. The molecule has 1 saturated carbocycles. The molecular weight excluding hydrogens is 387 g/mol. The van der Waals surface area contributed by atoms with Crippen molar-refractivity contribution in [2.75, 3.05) is 13.3 Å². The van der Waals surface area contributed by atoms with Gasteiger partial charge >= 0.3 is 0 Å². The van der Waals surface area contributed by atoms with Crippen LogP contribution in [0.15, 0.2) is 36.4 Å². The van der Waals surface area contributed by atoms with Crippen LogP contribution in [0.4, 0.5) is 22.0 Å². The smallest absolute Gasteiger partial charge is 0.201 e. The predicted octanol–water partition coefficient (Wildman–Crippen LogP) is 7.11. The summed E-state index contributed by atoms with van der Waals surface area (Å²) in [6.45, 7) is 1.27. The maximum absolute atomic E-state index is 14.8. The highest BCUT2D eigenvalue weighted by molar-refractivity contribution is 5.66. The molecule has 0 atom stereocenters. The monoisotopic (exact) mass is 410 g/mol. The summed E-state index contributed by atoms with van der Waals surface area (Å²) < 4.78 is 75.3. The predicted molar refractivity (Wildman–Crippen MR) is 103 cm³/mol. The number of halogens is 5. The van der Waals surface area contributed by atoms with Gasteiger partial charge in [0.15, 0.2) is 23.2 Å². The molecule has 3 rings (SSSR count). The first-order valence-corrected chi connectivity index (χ1v) is 9.79. The minimum Gasteiger partial charge on any atom is -0.491 e. The zero-order chi connectivity index (χ0) is 21.0. The molecule has 29 heavy (non-hydrogen) atoms. The standard InChI is InChI=1S/C23H23F5O/c1-2-29-19-12-11-18(22(27)23(19)28)17-10-9-16(20(25)21(17)26)15-7-5-14(6-8-15)4-3-13-24/h3-4,9-12,14-15H,2,5-8,13H2,1H3/b4-3+. The summed E-state index contributed by atoms with van der Waals surface area (Å²) in [7, 11) is 0. The number of hydrogen-bond donors (Lipinski definition) is 0. The van der Waals surface area contributed by atoms with Gasteiger partial charge in [-0.05, 0) is 62.1 Å². The third-order valence-electron chi connectivity index (χ3n) is 5.46. The Morgan fingerprint density at radius 1 is 0.862 bits per heavy atom. The van der Waals surface area contributed by atoms with Crippen molar-refractivity contribution in [2.45, 2.75) is 38.5 Å². The van der Waals surface area contributed by atoms with Crippen LogP contribution < -0.4 is 4.74 Å². The van der Waals surface area contributed by atoms with Crippen LogP contribution in [0.5, 0.6) is 5.75 Å². The van der Waals surface area contributed by atoms with Crippen molar-refractivity contribution >= 4 is 0 Å². The number of benzene rings is 2. The Balaban J connectivity index is 1.86. The molecule has 0 aromatic heterocycles. The molecule has 0 heterocycles. The summed E-state index contributed by atoms with van der Waals surface area (Å²) in [6, 6.07) is 5.13. The average molecular weight is 410 g/mol. The average Bonchev–Trinajstić information content (AvgIpc) is 2.73. The number of rotatable bonds is 6. The molecule has 0 aliphatic heterocycles. The maximum atomic E-state index is 14.8. The molecule has 1 nitrogen and oxygen atoms in total. The van der Waals surface area contributed by atoms with Crippen LogP contribution in [0.1, 0.15) is 44.1 Å². The fourth-order valence-electron chi connectivity index (χ4n) is 3.96. The number of ether oxygens (including phenoxy) is 1. The van der Waals surface area contributed by atoms with E-state index in [2.05, 4.69) is 0 Å². The SMILES string of the molecule is CCOc1ccc(-c2ccc(C3CCC(/C=C/CF)CC3)c(F)c2F)c(F)c1F. The highest BCUT2D eigenvalue weighted by atomic mass is 19.2. The van der Waals surface area contributed by atoms with Crippen LogP contribution in [-0.2, 0) is 0 Å². The van der Waals surface area contributed by atoms with E-state index in [0.717, 1.165) is 12.8 Å². The van der Waals surface area contributed by atoms with Crippen molar-refractivity contribution in [1.29, 1.82) is 0 Å². The Bertz CT molecular complexity index is 885. The maximum Gasteiger partial charge on any atom is 0.201 e. The molecule has 2 aromatic rings. The minimum atomic E-state index is -1.28. The molecule has 1 fully saturated rings. The lowest BCUT2D eigenvalue weighted by Gasteiger charge is -2.27. The quantitative estimate of drug-likeness (QED) is 0.364. The topological polar surface area (TPSA) is 9.23 Å². The highest BCUT2D eigenvalue weighted by Gasteiger charge is 2.27. The molecule has 156 valence electrons. The molecule has 2 aromatic carbocycles. The van der Waals surface area contributed by atoms with Gasteiger partial charge in [0.25, 0.3) is 0 Å². The van der Waals surface area contributed by atoms with E-state index in [1.807, 2.05) is 6.08 Å². The van der Waals surface area contributed by atoms with E-state index in [1.54, 1.807) is 6.92 Å². The third-order valence-corrected chi connectivity index (χ3v) is 5.46. The molecule has 1 aliphatic rings. The summed E-state index contributed by atoms with van der Waals surface area (Å²) in [6.07, 6.45) is 6.15. The van der Waals surface area contributed by atoms with Crippen LogP contribution in [-0.4, -0.2) is 13.3 Å². The lowest BCUT2D eigenvalue weighted by molar-refractivity contribution is 0.314. The van der Waals surface area contributed by atoms with E-state index >= 15 is 0 Å². The normalized spacial score (nSPS) is 19.7. The van der Waals surface area contributed by atoms with Gasteiger partial charge in [-0.25, -0.2) is 17.6 Å². The number of alkyl halides is 1. The Kier molecular flexibility index (Phi) is 6.93. The second-order valence-corrected chi connectivity index (χ2v) is 7.20. The Morgan fingerprint density at radius 3 is 2.10 bits per heavy atom. The largest absolute Gasteiger partial charge is 0.491 e. The molecule has 1 aliphatic carbocycles. The lowest BCUT2D eigenvalue weighted by Crippen LogP contribution is -2.14.